The molecule has 0 spiro atoms. The fourth-order valence-electron chi connectivity index (χ4n) is 3.96. The van der Waals surface area contributed by atoms with Gasteiger partial charge in [-0.05, 0) is 38.5 Å². The largest absolute Gasteiger partial charge is 0.459 e. The molecule has 0 aliphatic carbocycles. The number of hydrogen-bond donors (Lipinski definition) is 2. The second-order valence-corrected chi connectivity index (χ2v) is 9.27. The molecule has 2 bridgehead atoms. The molecule has 160 valence electrons. The Labute approximate surface area is 176 Å². The van der Waals surface area contributed by atoms with Crippen LogP contribution in [0.25, 0.3) is 0 Å². The van der Waals surface area contributed by atoms with Gasteiger partial charge >= 0.3 is 5.97 Å². The van der Waals surface area contributed by atoms with E-state index in [9.17, 15) is 14.7 Å². The molecule has 3 aliphatic rings. The molecular weight excluding hydrogens is 390 g/mol. The third-order valence-corrected chi connectivity index (χ3v) is 6.50. The molecule has 0 aromatic heterocycles. The van der Waals surface area contributed by atoms with E-state index in [1.165, 1.54) is 6.08 Å². The molecule has 0 aromatic rings. The van der Waals surface area contributed by atoms with Crippen LogP contribution in [0.5, 0.6) is 0 Å². The molecular formula is C22H31NO5S. The van der Waals surface area contributed by atoms with Crippen molar-refractivity contribution in [2.75, 3.05) is 5.75 Å². The van der Waals surface area contributed by atoms with Crippen molar-refractivity contribution in [2.24, 2.45) is 5.92 Å². The summed E-state index contributed by atoms with van der Waals surface area (Å²) in [6.45, 7) is 4.07. The lowest BCUT2D eigenvalue weighted by atomic mass is 9.90. The average molecular weight is 422 g/mol. The van der Waals surface area contributed by atoms with Crippen LogP contribution < -0.4 is 5.32 Å². The summed E-state index contributed by atoms with van der Waals surface area (Å²) < 4.78 is 11.8. The van der Waals surface area contributed by atoms with Crippen LogP contribution in [-0.4, -0.2) is 46.1 Å². The summed E-state index contributed by atoms with van der Waals surface area (Å²) in [5.41, 5.74) is 0.961. The van der Waals surface area contributed by atoms with E-state index in [0.717, 1.165) is 43.0 Å². The molecule has 6 nitrogen and oxygen atoms in total. The highest BCUT2D eigenvalue weighted by Crippen LogP contribution is 2.36. The standard InChI is InChI=1S/C22H31NO5S/c1-15-7-5-3-4-6-8-16(2)11-20(24)27-18-12-17(10-9-15)28-22(26,13-18)19-14-29-21(25)23-19/h3-5,7,11,15,17-19,26H,6,8-10,12-14H2,1-2H3,(H,23,25)/b4-3+,7-5-,16-11-/t15-,17+,18?,19?,22?/m0/s1. The topological polar surface area (TPSA) is 84.9 Å². The molecule has 2 fully saturated rings. The highest BCUT2D eigenvalue weighted by atomic mass is 32.2. The van der Waals surface area contributed by atoms with E-state index in [-0.39, 0.29) is 23.7 Å². The predicted octanol–water partition coefficient (Wildman–Crippen LogP) is 3.86. The van der Waals surface area contributed by atoms with Crippen molar-refractivity contribution < 1.29 is 24.2 Å². The summed E-state index contributed by atoms with van der Waals surface area (Å²) in [7, 11) is 0. The summed E-state index contributed by atoms with van der Waals surface area (Å²) in [5, 5.41) is 13.8. The van der Waals surface area contributed by atoms with Crippen LogP contribution in [0.3, 0.4) is 0 Å². The van der Waals surface area contributed by atoms with E-state index in [0.29, 0.717) is 18.1 Å². The number of aliphatic hydroxyl groups is 1. The van der Waals surface area contributed by atoms with E-state index in [4.69, 9.17) is 9.47 Å². The number of amides is 1. The first-order valence-electron chi connectivity index (χ1n) is 10.4. The minimum absolute atomic E-state index is 0.159. The Morgan fingerprint density at radius 3 is 2.83 bits per heavy atom. The van der Waals surface area contributed by atoms with Gasteiger partial charge < -0.3 is 19.9 Å². The van der Waals surface area contributed by atoms with Crippen LogP contribution in [0, 0.1) is 5.92 Å². The predicted molar refractivity (Wildman–Crippen MR) is 113 cm³/mol. The van der Waals surface area contributed by atoms with Crippen molar-refractivity contribution in [2.45, 2.75) is 76.4 Å². The van der Waals surface area contributed by atoms with Crippen LogP contribution in [0.4, 0.5) is 4.79 Å². The monoisotopic (exact) mass is 421 g/mol. The van der Waals surface area contributed by atoms with Crippen molar-refractivity contribution in [1.82, 2.24) is 5.32 Å². The van der Waals surface area contributed by atoms with Gasteiger partial charge in [0.15, 0.2) is 5.79 Å². The van der Waals surface area contributed by atoms with Gasteiger partial charge in [-0.3, -0.25) is 4.79 Å². The number of rotatable bonds is 1. The number of fused-ring (bicyclic) bond motifs is 2. The van der Waals surface area contributed by atoms with Crippen molar-refractivity contribution in [1.29, 1.82) is 0 Å². The molecule has 5 atom stereocenters. The summed E-state index contributed by atoms with van der Waals surface area (Å²) in [6, 6.07) is -0.505. The third-order valence-electron chi connectivity index (χ3n) is 5.62. The molecule has 7 heteroatoms. The zero-order valence-electron chi connectivity index (χ0n) is 17.1. The number of hydrogen-bond acceptors (Lipinski definition) is 6. The maximum Gasteiger partial charge on any atom is 0.330 e. The molecule has 0 saturated carbocycles. The molecule has 0 aromatic carbocycles. The molecule has 29 heavy (non-hydrogen) atoms. The number of esters is 1. The molecule has 3 unspecified atom stereocenters. The summed E-state index contributed by atoms with van der Waals surface area (Å²) in [6.07, 6.45) is 13.2. The maximum absolute atomic E-state index is 12.4. The number of nitrogens with one attached hydrogen (secondary N) is 1. The van der Waals surface area contributed by atoms with Gasteiger partial charge in [0.05, 0.1) is 12.1 Å². The van der Waals surface area contributed by atoms with Crippen molar-refractivity contribution in [3.63, 3.8) is 0 Å². The first-order chi connectivity index (χ1) is 13.8. The van der Waals surface area contributed by atoms with Crippen LogP contribution in [-0.2, 0) is 14.3 Å². The summed E-state index contributed by atoms with van der Waals surface area (Å²) in [4.78, 5) is 24.0. The van der Waals surface area contributed by atoms with Gasteiger partial charge in [-0.15, -0.1) is 0 Å². The van der Waals surface area contributed by atoms with Gasteiger partial charge in [-0.1, -0.05) is 48.6 Å². The Kier molecular flexibility index (Phi) is 7.60. The van der Waals surface area contributed by atoms with Crippen LogP contribution in [0.1, 0.15) is 52.4 Å². The zero-order chi connectivity index (χ0) is 20.9. The number of thioether (sulfide) groups is 1. The van der Waals surface area contributed by atoms with Gasteiger partial charge in [-0.25, -0.2) is 4.79 Å². The van der Waals surface area contributed by atoms with Crippen LogP contribution >= 0.6 is 11.8 Å². The van der Waals surface area contributed by atoms with E-state index in [1.807, 2.05) is 13.0 Å². The molecule has 3 heterocycles. The van der Waals surface area contributed by atoms with Crippen molar-refractivity contribution in [3.8, 4) is 0 Å². The van der Waals surface area contributed by atoms with Crippen molar-refractivity contribution in [3.05, 3.63) is 36.0 Å². The SMILES string of the molecule is C/C1=C/C(=O)OC2C[C@@H](CC[C@@H](C)/C=C\C=C\CC1)OC(O)(C1CSC(=O)N1)C2. The molecule has 3 rings (SSSR count). The molecule has 3 aliphatic heterocycles. The van der Waals surface area contributed by atoms with E-state index < -0.39 is 17.9 Å². The van der Waals surface area contributed by atoms with Crippen LogP contribution in [0.15, 0.2) is 36.0 Å². The number of carbonyl (C=O) groups excluding carboxylic acids is 2. The highest BCUT2D eigenvalue weighted by molar-refractivity contribution is 8.14. The average Bonchev–Trinajstić information content (AvgIpc) is 3.09. The zero-order valence-corrected chi connectivity index (χ0v) is 18.0. The quantitative estimate of drug-likeness (QED) is 0.626. The second kappa shape index (κ2) is 9.96. The Bertz CT molecular complexity index is 703. The Morgan fingerprint density at radius 1 is 1.24 bits per heavy atom. The minimum Gasteiger partial charge on any atom is -0.459 e. The van der Waals surface area contributed by atoms with Gasteiger partial charge in [0.25, 0.3) is 5.24 Å². The fraction of sp³-hybridized carbons (Fsp3) is 0.636. The van der Waals surface area contributed by atoms with Gasteiger partial charge in [0.1, 0.15) is 6.10 Å². The van der Waals surface area contributed by atoms with E-state index in [1.54, 1.807) is 0 Å². The van der Waals surface area contributed by atoms with E-state index in [2.05, 4.69) is 30.5 Å². The Hall–Kier alpha value is -1.57. The Balaban J connectivity index is 1.78. The van der Waals surface area contributed by atoms with E-state index >= 15 is 0 Å². The maximum atomic E-state index is 12.4. The lowest BCUT2D eigenvalue weighted by molar-refractivity contribution is -0.283. The molecule has 1 amide bonds. The smallest absolute Gasteiger partial charge is 0.330 e. The lowest BCUT2D eigenvalue weighted by Gasteiger charge is -2.43. The lowest BCUT2D eigenvalue weighted by Crippen LogP contribution is -2.58. The molecule has 2 saturated heterocycles. The highest BCUT2D eigenvalue weighted by Gasteiger charge is 2.49. The third kappa shape index (κ3) is 6.46. The molecule has 2 N–H and O–H groups in total. The first kappa shape index (κ1) is 22.1. The summed E-state index contributed by atoms with van der Waals surface area (Å²) >= 11 is 1.14. The minimum atomic E-state index is -1.53. The normalized spacial score (nSPS) is 41.0. The van der Waals surface area contributed by atoms with Crippen LogP contribution in [0.2, 0.25) is 0 Å². The fourth-order valence-corrected chi connectivity index (χ4v) is 4.85. The Morgan fingerprint density at radius 2 is 2.07 bits per heavy atom. The molecule has 0 radical (unpaired) electrons. The van der Waals surface area contributed by atoms with Gasteiger partial charge in [0.2, 0.25) is 0 Å². The van der Waals surface area contributed by atoms with Gasteiger partial charge in [-0.2, -0.15) is 0 Å². The first-order valence-corrected chi connectivity index (χ1v) is 11.4. The number of carbonyl (C=O) groups is 2. The number of ether oxygens (including phenoxy) is 2. The van der Waals surface area contributed by atoms with Gasteiger partial charge in [0, 0.05) is 24.7 Å². The number of allylic oxidation sites excluding steroid dienone is 5. The second-order valence-electron chi connectivity index (χ2n) is 8.28. The summed E-state index contributed by atoms with van der Waals surface area (Å²) in [5.74, 6) is -1.10. The van der Waals surface area contributed by atoms with Crippen molar-refractivity contribution >= 4 is 23.0 Å².